The third kappa shape index (κ3) is 5.03. The van der Waals surface area contributed by atoms with Gasteiger partial charge in [-0.1, -0.05) is 11.3 Å². The van der Waals surface area contributed by atoms with Gasteiger partial charge in [0.05, 0.1) is 10.2 Å². The van der Waals surface area contributed by atoms with Gasteiger partial charge in [-0.05, 0) is 68.4 Å². The monoisotopic (exact) mass is 524 g/mol. The van der Waals surface area contributed by atoms with Crippen molar-refractivity contribution in [3.8, 4) is 0 Å². The van der Waals surface area contributed by atoms with Crippen molar-refractivity contribution < 1.29 is 9.53 Å². The molecular weight excluding hydrogens is 492 g/mol. The molecular formula is C26H32N6O2S2. The molecule has 2 aromatic heterocycles. The van der Waals surface area contributed by atoms with Crippen LogP contribution in [0.3, 0.4) is 0 Å². The molecule has 0 bridgehead atoms. The van der Waals surface area contributed by atoms with Crippen LogP contribution in [0.25, 0.3) is 10.2 Å². The summed E-state index contributed by atoms with van der Waals surface area (Å²) in [5.41, 5.74) is 1.97. The number of rotatable bonds is 6. The molecule has 1 spiro atoms. The lowest BCUT2D eigenvalue weighted by Crippen LogP contribution is -2.35. The minimum atomic E-state index is 0.140. The van der Waals surface area contributed by atoms with Gasteiger partial charge in [0, 0.05) is 61.2 Å². The van der Waals surface area contributed by atoms with Gasteiger partial charge in [-0.3, -0.25) is 4.79 Å². The number of likely N-dealkylation sites (tertiary alicyclic amines) is 1. The number of nitrogens with zero attached hydrogens (tertiary/aromatic N) is 4. The van der Waals surface area contributed by atoms with E-state index < -0.39 is 0 Å². The second kappa shape index (κ2) is 10.1. The van der Waals surface area contributed by atoms with Crippen LogP contribution in [0, 0.1) is 5.41 Å². The van der Waals surface area contributed by atoms with E-state index in [0.29, 0.717) is 18.0 Å². The molecule has 1 saturated carbocycles. The van der Waals surface area contributed by atoms with E-state index in [4.69, 9.17) is 9.72 Å². The molecule has 190 valence electrons. The SMILES string of the molecule is CSc1cnc(N[C@H]2CC[C@H](Nc3nc4ccc(C(=O)N5CCC6(CCOCC6)C5)cc4s3)C2)nc1. The van der Waals surface area contributed by atoms with Crippen LogP contribution in [0.5, 0.6) is 0 Å². The molecule has 2 N–H and O–H groups in total. The van der Waals surface area contributed by atoms with Crippen molar-refractivity contribution in [2.24, 2.45) is 5.41 Å². The molecule has 0 unspecified atom stereocenters. The number of carbonyl (C=O) groups is 1. The summed E-state index contributed by atoms with van der Waals surface area (Å²) in [5, 5.41) is 8.01. The van der Waals surface area contributed by atoms with Crippen molar-refractivity contribution in [3.05, 3.63) is 36.2 Å². The third-order valence-electron chi connectivity index (χ3n) is 7.87. The molecule has 2 atom stereocenters. The van der Waals surface area contributed by atoms with Gasteiger partial charge in [0.1, 0.15) is 0 Å². The van der Waals surface area contributed by atoms with Gasteiger partial charge in [0.15, 0.2) is 5.13 Å². The number of anilines is 2. The molecule has 1 aromatic carbocycles. The van der Waals surface area contributed by atoms with Gasteiger partial charge in [-0.2, -0.15) is 0 Å². The van der Waals surface area contributed by atoms with Crippen molar-refractivity contribution in [2.45, 2.75) is 55.5 Å². The van der Waals surface area contributed by atoms with Crippen LogP contribution >= 0.6 is 23.1 Å². The van der Waals surface area contributed by atoms with E-state index in [1.807, 2.05) is 41.7 Å². The Morgan fingerprint density at radius 3 is 2.69 bits per heavy atom. The maximum absolute atomic E-state index is 13.3. The topological polar surface area (TPSA) is 92.3 Å². The van der Waals surface area contributed by atoms with E-state index >= 15 is 0 Å². The van der Waals surface area contributed by atoms with Crippen molar-refractivity contribution in [1.82, 2.24) is 19.9 Å². The molecule has 0 radical (unpaired) electrons. The molecule has 10 heteroatoms. The number of ether oxygens (including phenoxy) is 1. The summed E-state index contributed by atoms with van der Waals surface area (Å²) in [5.74, 6) is 0.831. The first kappa shape index (κ1) is 23.9. The molecule has 8 nitrogen and oxygen atoms in total. The maximum atomic E-state index is 13.3. The molecule has 3 aromatic rings. The summed E-state index contributed by atoms with van der Waals surface area (Å²) in [7, 11) is 0. The third-order valence-corrected chi connectivity index (χ3v) is 9.50. The number of hydrogen-bond donors (Lipinski definition) is 2. The summed E-state index contributed by atoms with van der Waals surface area (Å²) in [6, 6.07) is 6.64. The fourth-order valence-corrected chi connectivity index (χ4v) is 7.02. The lowest BCUT2D eigenvalue weighted by molar-refractivity contribution is 0.0191. The van der Waals surface area contributed by atoms with Gasteiger partial charge in [0.25, 0.3) is 5.91 Å². The molecule has 2 saturated heterocycles. The van der Waals surface area contributed by atoms with Gasteiger partial charge < -0.3 is 20.3 Å². The minimum Gasteiger partial charge on any atom is -0.381 e. The zero-order valence-corrected chi connectivity index (χ0v) is 22.2. The van der Waals surface area contributed by atoms with Crippen molar-refractivity contribution in [2.75, 3.05) is 43.2 Å². The normalized spacial score (nSPS) is 23.4. The number of aromatic nitrogens is 3. The molecule has 3 fully saturated rings. The van der Waals surface area contributed by atoms with Gasteiger partial charge in [-0.15, -0.1) is 11.8 Å². The highest BCUT2D eigenvalue weighted by Crippen LogP contribution is 2.40. The Hall–Kier alpha value is -2.43. The smallest absolute Gasteiger partial charge is 0.253 e. The van der Waals surface area contributed by atoms with E-state index in [9.17, 15) is 4.79 Å². The zero-order chi connectivity index (χ0) is 24.5. The highest BCUT2D eigenvalue weighted by atomic mass is 32.2. The molecule has 6 rings (SSSR count). The summed E-state index contributed by atoms with van der Waals surface area (Å²) >= 11 is 3.28. The highest BCUT2D eigenvalue weighted by molar-refractivity contribution is 7.98. The average molecular weight is 525 g/mol. The number of hydrogen-bond acceptors (Lipinski definition) is 9. The second-order valence-electron chi connectivity index (χ2n) is 10.2. The summed E-state index contributed by atoms with van der Waals surface area (Å²) in [6.07, 6.45) is 12.1. The van der Waals surface area contributed by atoms with Crippen LogP contribution in [0.1, 0.15) is 48.9 Å². The van der Waals surface area contributed by atoms with Crippen LogP contribution in [0.2, 0.25) is 0 Å². The fraction of sp³-hybridized carbons (Fsp3) is 0.538. The second-order valence-corrected chi connectivity index (χ2v) is 12.1. The average Bonchev–Trinajstić information content (AvgIpc) is 3.63. The van der Waals surface area contributed by atoms with Crippen LogP contribution in [-0.4, -0.2) is 70.4 Å². The largest absolute Gasteiger partial charge is 0.381 e. The Morgan fingerprint density at radius 2 is 1.92 bits per heavy atom. The quantitative estimate of drug-likeness (QED) is 0.440. The van der Waals surface area contributed by atoms with E-state index in [1.165, 1.54) is 0 Å². The number of amides is 1. The van der Waals surface area contributed by atoms with Gasteiger partial charge in [0.2, 0.25) is 5.95 Å². The Kier molecular flexibility index (Phi) is 6.74. The van der Waals surface area contributed by atoms with Crippen LogP contribution in [-0.2, 0) is 4.74 Å². The zero-order valence-electron chi connectivity index (χ0n) is 20.5. The Labute approximate surface area is 219 Å². The molecule has 36 heavy (non-hydrogen) atoms. The van der Waals surface area contributed by atoms with E-state index in [1.54, 1.807) is 23.1 Å². The van der Waals surface area contributed by atoms with Crippen LogP contribution < -0.4 is 10.6 Å². The van der Waals surface area contributed by atoms with E-state index in [0.717, 1.165) is 90.6 Å². The van der Waals surface area contributed by atoms with E-state index in [2.05, 4.69) is 20.6 Å². The first-order valence-corrected chi connectivity index (χ1v) is 14.8. The maximum Gasteiger partial charge on any atom is 0.253 e. The van der Waals surface area contributed by atoms with Crippen molar-refractivity contribution in [3.63, 3.8) is 0 Å². The molecule has 3 aliphatic rings. The standard InChI is InChI=1S/C26H32N6O2S2/c1-35-20-14-27-24(28-15-20)29-18-3-4-19(13-18)30-25-31-21-5-2-17(12-22(21)36-25)23(33)32-9-6-26(16-32)7-10-34-11-8-26/h2,5,12,14-15,18-19H,3-4,6-11,13,16H2,1H3,(H,30,31)(H,27,28,29)/t18-,19-/m0/s1. The summed E-state index contributed by atoms with van der Waals surface area (Å²) in [4.78, 5) is 30.0. The van der Waals surface area contributed by atoms with Crippen LogP contribution in [0.15, 0.2) is 35.5 Å². The highest BCUT2D eigenvalue weighted by Gasteiger charge is 2.41. The molecule has 2 aliphatic heterocycles. The Balaban J connectivity index is 1.07. The summed E-state index contributed by atoms with van der Waals surface area (Å²) in [6.45, 7) is 3.34. The molecule has 4 heterocycles. The first-order valence-electron chi connectivity index (χ1n) is 12.8. The molecule has 1 aliphatic carbocycles. The predicted octanol–water partition coefficient (Wildman–Crippen LogP) is 4.90. The summed E-state index contributed by atoms with van der Waals surface area (Å²) < 4.78 is 6.60. The molecule has 1 amide bonds. The number of benzene rings is 1. The predicted molar refractivity (Wildman–Crippen MR) is 145 cm³/mol. The van der Waals surface area contributed by atoms with Crippen molar-refractivity contribution >= 4 is 50.3 Å². The van der Waals surface area contributed by atoms with E-state index in [-0.39, 0.29) is 11.3 Å². The fourth-order valence-electron chi connectivity index (χ4n) is 5.72. The number of fused-ring (bicyclic) bond motifs is 1. The lowest BCUT2D eigenvalue weighted by Gasteiger charge is -2.33. The number of thiazole rings is 1. The Morgan fingerprint density at radius 1 is 1.14 bits per heavy atom. The van der Waals surface area contributed by atoms with Gasteiger partial charge in [-0.25, -0.2) is 15.0 Å². The minimum absolute atomic E-state index is 0.140. The Bertz CT molecular complexity index is 1230. The first-order chi connectivity index (χ1) is 17.6. The van der Waals surface area contributed by atoms with Crippen LogP contribution in [0.4, 0.5) is 11.1 Å². The van der Waals surface area contributed by atoms with Gasteiger partial charge >= 0.3 is 0 Å². The number of carbonyl (C=O) groups excluding carboxylic acids is 1. The number of thioether (sulfide) groups is 1. The van der Waals surface area contributed by atoms with Crippen molar-refractivity contribution in [1.29, 1.82) is 0 Å². The number of nitrogens with one attached hydrogen (secondary N) is 2. The lowest BCUT2D eigenvalue weighted by atomic mass is 9.80.